The van der Waals surface area contributed by atoms with Crippen molar-refractivity contribution in [2.75, 3.05) is 12.8 Å². The fourth-order valence-electron chi connectivity index (χ4n) is 1.29. The molecule has 0 saturated carbocycles. The van der Waals surface area contributed by atoms with Gasteiger partial charge in [0, 0.05) is 6.26 Å². The molecule has 1 aromatic rings. The molecule has 3 nitrogen and oxygen atoms in total. The second-order valence-corrected chi connectivity index (χ2v) is 5.41. The molecular formula is C10H14FNO2S. The Morgan fingerprint density at radius 1 is 1.40 bits per heavy atom. The van der Waals surface area contributed by atoms with Gasteiger partial charge in [-0.15, -0.1) is 0 Å². The monoisotopic (exact) mass is 231 g/mol. The van der Waals surface area contributed by atoms with Gasteiger partial charge >= 0.3 is 0 Å². The molecule has 0 aliphatic heterocycles. The van der Waals surface area contributed by atoms with Crippen molar-refractivity contribution in [3.05, 3.63) is 29.6 Å². The van der Waals surface area contributed by atoms with Crippen molar-refractivity contribution in [1.82, 2.24) is 0 Å². The number of sulfone groups is 1. The molecule has 15 heavy (non-hydrogen) atoms. The van der Waals surface area contributed by atoms with Gasteiger partial charge < -0.3 is 5.73 Å². The molecule has 0 radical (unpaired) electrons. The largest absolute Gasteiger partial charge is 0.330 e. The average Bonchev–Trinajstić information content (AvgIpc) is 2.15. The van der Waals surface area contributed by atoms with E-state index >= 15 is 0 Å². The summed E-state index contributed by atoms with van der Waals surface area (Å²) in [4.78, 5) is -0.239. The van der Waals surface area contributed by atoms with Gasteiger partial charge in [0.1, 0.15) is 10.7 Å². The molecule has 1 rings (SSSR count). The van der Waals surface area contributed by atoms with E-state index in [0.29, 0.717) is 13.0 Å². The van der Waals surface area contributed by atoms with Crippen LogP contribution in [0, 0.1) is 5.82 Å². The molecule has 0 atom stereocenters. The predicted octanol–water partition coefficient (Wildman–Crippen LogP) is 1.12. The number of hydrogen-bond donors (Lipinski definition) is 1. The molecule has 0 aliphatic rings. The van der Waals surface area contributed by atoms with E-state index in [2.05, 4.69) is 0 Å². The van der Waals surface area contributed by atoms with Gasteiger partial charge in [0.2, 0.25) is 0 Å². The first-order valence-electron chi connectivity index (χ1n) is 4.63. The number of rotatable bonds is 4. The lowest BCUT2D eigenvalue weighted by Crippen LogP contribution is -2.04. The Kier molecular flexibility index (Phi) is 3.82. The fraction of sp³-hybridized carbons (Fsp3) is 0.400. The van der Waals surface area contributed by atoms with Crippen molar-refractivity contribution in [1.29, 1.82) is 0 Å². The molecule has 0 fully saturated rings. The van der Waals surface area contributed by atoms with Gasteiger partial charge in [-0.3, -0.25) is 0 Å². The number of nitrogens with two attached hydrogens (primary N) is 1. The Balaban J connectivity index is 3.06. The van der Waals surface area contributed by atoms with Crippen LogP contribution in [0.2, 0.25) is 0 Å². The van der Waals surface area contributed by atoms with Gasteiger partial charge in [0.15, 0.2) is 9.84 Å². The summed E-state index contributed by atoms with van der Waals surface area (Å²) in [6.45, 7) is 0.533. The maximum atomic E-state index is 13.2. The minimum absolute atomic E-state index is 0.239. The molecule has 0 aliphatic carbocycles. The topological polar surface area (TPSA) is 60.2 Å². The summed E-state index contributed by atoms with van der Waals surface area (Å²) in [5.74, 6) is -0.700. The zero-order valence-corrected chi connectivity index (χ0v) is 9.35. The lowest BCUT2D eigenvalue weighted by atomic mass is 10.1. The van der Waals surface area contributed by atoms with Crippen LogP contribution in [-0.2, 0) is 16.3 Å². The number of halogens is 1. The molecule has 0 unspecified atom stereocenters. The van der Waals surface area contributed by atoms with Gasteiger partial charge in [-0.2, -0.15) is 0 Å². The number of aryl methyl sites for hydroxylation is 1. The highest BCUT2D eigenvalue weighted by Crippen LogP contribution is 2.17. The lowest BCUT2D eigenvalue weighted by Gasteiger charge is -2.04. The SMILES string of the molecule is CS(=O)(=O)c1cc(CCCN)ccc1F. The summed E-state index contributed by atoms with van der Waals surface area (Å²) < 4.78 is 35.6. The van der Waals surface area contributed by atoms with E-state index in [-0.39, 0.29) is 4.90 Å². The molecule has 0 heterocycles. The first-order chi connectivity index (χ1) is 6.95. The zero-order valence-electron chi connectivity index (χ0n) is 8.53. The van der Waals surface area contributed by atoms with E-state index in [1.165, 1.54) is 12.1 Å². The Bertz CT molecular complexity index is 443. The van der Waals surface area contributed by atoms with Crippen LogP contribution in [-0.4, -0.2) is 21.2 Å². The van der Waals surface area contributed by atoms with Gasteiger partial charge in [-0.25, -0.2) is 12.8 Å². The Morgan fingerprint density at radius 2 is 2.07 bits per heavy atom. The van der Waals surface area contributed by atoms with Crippen molar-refractivity contribution in [2.45, 2.75) is 17.7 Å². The smallest absolute Gasteiger partial charge is 0.178 e. The molecule has 0 amide bonds. The van der Waals surface area contributed by atoms with E-state index in [4.69, 9.17) is 5.73 Å². The molecule has 1 aromatic carbocycles. The van der Waals surface area contributed by atoms with Crippen LogP contribution >= 0.6 is 0 Å². The Morgan fingerprint density at radius 3 is 2.60 bits per heavy atom. The summed E-state index contributed by atoms with van der Waals surface area (Å²) in [5, 5.41) is 0. The summed E-state index contributed by atoms with van der Waals surface area (Å²) in [6.07, 6.45) is 2.42. The quantitative estimate of drug-likeness (QED) is 0.844. The molecule has 2 N–H and O–H groups in total. The van der Waals surface area contributed by atoms with E-state index in [0.717, 1.165) is 18.2 Å². The van der Waals surface area contributed by atoms with E-state index < -0.39 is 15.7 Å². The fourth-order valence-corrected chi connectivity index (χ4v) is 2.08. The zero-order chi connectivity index (χ0) is 11.5. The molecular weight excluding hydrogens is 217 g/mol. The normalized spacial score (nSPS) is 11.7. The Labute approximate surface area is 89.0 Å². The minimum Gasteiger partial charge on any atom is -0.330 e. The lowest BCUT2D eigenvalue weighted by molar-refractivity contribution is 0.569. The molecule has 0 saturated heterocycles. The van der Waals surface area contributed by atoms with Crippen LogP contribution in [0.5, 0.6) is 0 Å². The minimum atomic E-state index is -3.49. The van der Waals surface area contributed by atoms with Crippen LogP contribution in [0.25, 0.3) is 0 Å². The average molecular weight is 231 g/mol. The second kappa shape index (κ2) is 4.72. The van der Waals surface area contributed by atoms with E-state index in [9.17, 15) is 12.8 Å². The highest BCUT2D eigenvalue weighted by Gasteiger charge is 2.13. The van der Waals surface area contributed by atoms with Crippen molar-refractivity contribution in [3.63, 3.8) is 0 Å². The number of hydrogen-bond acceptors (Lipinski definition) is 3. The van der Waals surface area contributed by atoms with Crippen molar-refractivity contribution >= 4 is 9.84 Å². The maximum absolute atomic E-state index is 13.2. The van der Waals surface area contributed by atoms with Crippen LogP contribution < -0.4 is 5.73 Å². The first-order valence-corrected chi connectivity index (χ1v) is 6.53. The molecule has 0 bridgehead atoms. The van der Waals surface area contributed by atoms with Crippen LogP contribution in [0.15, 0.2) is 23.1 Å². The first kappa shape index (κ1) is 12.1. The standard InChI is InChI=1S/C10H14FNO2S/c1-15(13,14)10-7-8(3-2-6-12)4-5-9(10)11/h4-5,7H,2-3,6,12H2,1H3. The van der Waals surface area contributed by atoms with Gasteiger partial charge in [0.05, 0.1) is 0 Å². The van der Waals surface area contributed by atoms with Crippen molar-refractivity contribution in [3.8, 4) is 0 Å². The van der Waals surface area contributed by atoms with Crippen LogP contribution in [0.1, 0.15) is 12.0 Å². The van der Waals surface area contributed by atoms with Gasteiger partial charge in [0.25, 0.3) is 0 Å². The highest BCUT2D eigenvalue weighted by atomic mass is 32.2. The van der Waals surface area contributed by atoms with Crippen LogP contribution in [0.4, 0.5) is 4.39 Å². The molecule has 0 aromatic heterocycles. The van der Waals surface area contributed by atoms with E-state index in [1.807, 2.05) is 0 Å². The Hall–Kier alpha value is -0.940. The van der Waals surface area contributed by atoms with Crippen molar-refractivity contribution in [2.24, 2.45) is 5.73 Å². The summed E-state index contributed by atoms with van der Waals surface area (Å²) in [5.41, 5.74) is 6.13. The third-order valence-electron chi connectivity index (χ3n) is 2.06. The van der Waals surface area contributed by atoms with Gasteiger partial charge in [-0.1, -0.05) is 6.07 Å². The summed E-state index contributed by atoms with van der Waals surface area (Å²) >= 11 is 0. The third-order valence-corrected chi connectivity index (χ3v) is 3.18. The highest BCUT2D eigenvalue weighted by molar-refractivity contribution is 7.90. The van der Waals surface area contributed by atoms with E-state index in [1.54, 1.807) is 6.07 Å². The third kappa shape index (κ3) is 3.28. The number of benzene rings is 1. The second-order valence-electron chi connectivity index (χ2n) is 3.43. The summed E-state index contributed by atoms with van der Waals surface area (Å²) in [6, 6.07) is 4.14. The molecule has 84 valence electrons. The summed E-state index contributed by atoms with van der Waals surface area (Å²) in [7, 11) is -3.49. The van der Waals surface area contributed by atoms with Crippen molar-refractivity contribution < 1.29 is 12.8 Å². The molecule has 0 spiro atoms. The predicted molar refractivity (Wildman–Crippen MR) is 56.9 cm³/mol. The van der Waals surface area contributed by atoms with Gasteiger partial charge in [-0.05, 0) is 37.1 Å². The maximum Gasteiger partial charge on any atom is 0.178 e. The van der Waals surface area contributed by atoms with Crippen LogP contribution in [0.3, 0.4) is 0 Å². The molecule has 5 heteroatoms.